The maximum Gasteiger partial charge on any atom is 0.329 e. The average molecular weight is 500 g/mol. The molecule has 2 rings (SSSR count). The second-order valence-corrected chi connectivity index (χ2v) is 9.13. The highest BCUT2D eigenvalue weighted by molar-refractivity contribution is 6.18. The summed E-state index contributed by atoms with van der Waals surface area (Å²) in [5, 5.41) is 2.76. The van der Waals surface area contributed by atoms with Gasteiger partial charge in [-0.25, -0.2) is 9.78 Å². The molecule has 1 aromatic carbocycles. The Morgan fingerprint density at radius 2 is 1.91 bits per heavy atom. The van der Waals surface area contributed by atoms with Crippen LogP contribution in [0.2, 0.25) is 0 Å². The number of fused-ring (bicyclic) bond motifs is 1. The van der Waals surface area contributed by atoms with Gasteiger partial charge < -0.3 is 25.3 Å². The topological polar surface area (TPSA) is 102 Å². The number of rotatable bonds is 13. The third-order valence-corrected chi connectivity index (χ3v) is 5.71. The molecule has 8 nitrogen and oxygen atoms in total. The Bertz CT molecular complexity index is 928. The van der Waals surface area contributed by atoms with Crippen molar-refractivity contribution >= 4 is 51.8 Å². The number of benzene rings is 1. The van der Waals surface area contributed by atoms with Crippen molar-refractivity contribution in [3.8, 4) is 0 Å². The number of nitrogens with one attached hydrogen (secondary N) is 1. The first kappa shape index (κ1) is 27.2. The van der Waals surface area contributed by atoms with Crippen molar-refractivity contribution in [1.29, 1.82) is 0 Å². The molecule has 0 saturated carbocycles. The first-order valence-electron chi connectivity index (χ1n) is 11.3. The molecule has 1 amide bonds. The molecule has 0 aliphatic carbocycles. The summed E-state index contributed by atoms with van der Waals surface area (Å²) in [6, 6.07) is 4.39. The number of amides is 1. The lowest BCUT2D eigenvalue weighted by Crippen LogP contribution is -2.50. The Morgan fingerprint density at radius 3 is 2.48 bits per heavy atom. The fraction of sp³-hybridized carbons (Fsp3) is 0.609. The van der Waals surface area contributed by atoms with Crippen molar-refractivity contribution in [2.24, 2.45) is 18.7 Å². The zero-order chi connectivity index (χ0) is 24.5. The zero-order valence-electron chi connectivity index (χ0n) is 19.8. The lowest BCUT2D eigenvalue weighted by Gasteiger charge is -2.22. The molecule has 184 valence electrons. The second kappa shape index (κ2) is 13.0. The second-order valence-electron chi connectivity index (χ2n) is 8.38. The molecule has 0 fully saturated rings. The maximum atomic E-state index is 12.6. The molecule has 0 bridgehead atoms. The number of carbonyl (C=O) groups is 2. The Balaban J connectivity index is 2.30. The van der Waals surface area contributed by atoms with E-state index in [0.717, 1.165) is 16.7 Å². The van der Waals surface area contributed by atoms with Crippen LogP contribution in [-0.2, 0) is 27.8 Å². The quantitative estimate of drug-likeness (QED) is 0.324. The summed E-state index contributed by atoms with van der Waals surface area (Å²) in [7, 11) is 1.88. The van der Waals surface area contributed by atoms with Crippen molar-refractivity contribution in [1.82, 2.24) is 14.9 Å². The Labute approximate surface area is 205 Å². The molecule has 0 spiro atoms. The largest absolute Gasteiger partial charge is 0.464 e. The van der Waals surface area contributed by atoms with Crippen molar-refractivity contribution in [2.45, 2.75) is 45.7 Å². The number of hydrogen-bond acceptors (Lipinski definition) is 6. The molecule has 0 saturated heterocycles. The summed E-state index contributed by atoms with van der Waals surface area (Å²) in [6.07, 6.45) is 0.712. The molecule has 0 aliphatic heterocycles. The normalized spacial score (nSPS) is 13.2. The van der Waals surface area contributed by atoms with Gasteiger partial charge in [0.05, 0.1) is 23.7 Å². The number of halogens is 2. The highest BCUT2D eigenvalue weighted by Crippen LogP contribution is 2.23. The van der Waals surface area contributed by atoms with Crippen LogP contribution in [0.3, 0.4) is 0 Å². The van der Waals surface area contributed by atoms with Crippen LogP contribution in [0, 0.1) is 5.92 Å². The number of aromatic nitrogens is 2. The molecule has 0 radical (unpaired) electrons. The number of esters is 1. The van der Waals surface area contributed by atoms with E-state index in [-0.39, 0.29) is 24.9 Å². The first-order valence-corrected chi connectivity index (χ1v) is 12.3. The number of nitrogens with two attached hydrogens (primary N) is 1. The van der Waals surface area contributed by atoms with Crippen LogP contribution in [0.1, 0.15) is 33.0 Å². The van der Waals surface area contributed by atoms with Crippen molar-refractivity contribution in [3.05, 3.63) is 24.0 Å². The molecular weight excluding hydrogens is 465 g/mol. The van der Waals surface area contributed by atoms with Gasteiger partial charge in [-0.2, -0.15) is 0 Å². The predicted molar refractivity (Wildman–Crippen MR) is 134 cm³/mol. The van der Waals surface area contributed by atoms with E-state index in [1.54, 1.807) is 6.92 Å². The number of anilines is 1. The third kappa shape index (κ3) is 7.48. The van der Waals surface area contributed by atoms with Gasteiger partial charge in [0.25, 0.3) is 0 Å². The smallest absolute Gasteiger partial charge is 0.329 e. The van der Waals surface area contributed by atoms with E-state index in [0.29, 0.717) is 37.1 Å². The van der Waals surface area contributed by atoms with Crippen molar-refractivity contribution in [2.75, 3.05) is 36.4 Å². The highest BCUT2D eigenvalue weighted by Gasteiger charge is 2.27. The number of ether oxygens (including phenoxy) is 1. The summed E-state index contributed by atoms with van der Waals surface area (Å²) in [5.41, 5.74) is 8.68. The van der Waals surface area contributed by atoms with E-state index in [1.165, 1.54) is 0 Å². The molecule has 0 aliphatic rings. The number of aryl methyl sites for hydroxylation is 1. The van der Waals surface area contributed by atoms with Gasteiger partial charge in [0.15, 0.2) is 0 Å². The molecule has 1 aromatic heterocycles. The number of carbonyl (C=O) groups excluding carboxylic acids is 2. The summed E-state index contributed by atoms with van der Waals surface area (Å²) in [4.78, 5) is 32.0. The number of nitrogens with zero attached hydrogens (tertiary/aromatic N) is 3. The Kier molecular flexibility index (Phi) is 10.7. The van der Waals surface area contributed by atoms with Crippen molar-refractivity contribution in [3.63, 3.8) is 0 Å². The van der Waals surface area contributed by atoms with Gasteiger partial charge in [-0.1, -0.05) is 13.8 Å². The predicted octanol–water partition coefficient (Wildman–Crippen LogP) is 2.82. The van der Waals surface area contributed by atoms with Gasteiger partial charge in [0.1, 0.15) is 11.9 Å². The molecule has 1 heterocycles. The van der Waals surface area contributed by atoms with E-state index in [9.17, 15) is 9.59 Å². The van der Waals surface area contributed by atoms with E-state index in [1.807, 2.05) is 43.7 Å². The molecule has 10 heteroatoms. The van der Waals surface area contributed by atoms with Crippen LogP contribution in [0.15, 0.2) is 18.2 Å². The summed E-state index contributed by atoms with van der Waals surface area (Å²) in [5.74, 6) is 1.01. The average Bonchev–Trinajstić information content (AvgIpc) is 3.07. The SMILES string of the molecule is CCOC(=O)[C@H](Cc1nc2cc(N(CCCl)CCCl)ccc2n1C)NC(=O)[C@@H](N)CC(C)C. The fourth-order valence-corrected chi connectivity index (χ4v) is 4.11. The van der Waals surface area contributed by atoms with Gasteiger partial charge in [-0.3, -0.25) is 4.79 Å². The van der Waals surface area contributed by atoms with Gasteiger partial charge in [-0.05, 0) is 37.5 Å². The minimum absolute atomic E-state index is 0.187. The van der Waals surface area contributed by atoms with Crippen LogP contribution < -0.4 is 16.0 Å². The summed E-state index contributed by atoms with van der Waals surface area (Å²) >= 11 is 11.9. The minimum atomic E-state index is -0.880. The fourth-order valence-electron chi connectivity index (χ4n) is 3.70. The van der Waals surface area contributed by atoms with Gasteiger partial charge >= 0.3 is 5.97 Å². The number of imidazole rings is 1. The van der Waals surface area contributed by atoms with E-state index >= 15 is 0 Å². The van der Waals surface area contributed by atoms with E-state index in [4.69, 9.17) is 38.7 Å². The number of alkyl halides is 2. The minimum Gasteiger partial charge on any atom is -0.464 e. The van der Waals surface area contributed by atoms with Crippen LogP contribution in [0.25, 0.3) is 11.0 Å². The highest BCUT2D eigenvalue weighted by atomic mass is 35.5. The van der Waals surface area contributed by atoms with Crippen LogP contribution in [0.4, 0.5) is 5.69 Å². The standard InChI is InChI=1S/C23H35Cl2N5O3/c1-5-33-23(32)19(28-22(31)17(26)12-15(2)3)14-21-27-18-13-16(6-7-20(18)29(21)4)30(10-8-24)11-9-25/h6-7,13,15,17,19H,5,8-12,14,26H2,1-4H3,(H,28,31)/t17-,19-/m0/s1. The molecule has 33 heavy (non-hydrogen) atoms. The Morgan fingerprint density at radius 1 is 1.24 bits per heavy atom. The lowest BCUT2D eigenvalue weighted by molar-refractivity contribution is -0.147. The van der Waals surface area contributed by atoms with Crippen LogP contribution >= 0.6 is 23.2 Å². The Hall–Kier alpha value is -2.03. The molecular formula is C23H35Cl2N5O3. The van der Waals surface area contributed by atoms with E-state index in [2.05, 4.69) is 10.2 Å². The zero-order valence-corrected chi connectivity index (χ0v) is 21.3. The number of hydrogen-bond donors (Lipinski definition) is 2. The molecule has 3 N–H and O–H groups in total. The van der Waals surface area contributed by atoms with E-state index < -0.39 is 18.1 Å². The van der Waals surface area contributed by atoms with Crippen molar-refractivity contribution < 1.29 is 14.3 Å². The van der Waals surface area contributed by atoms with Gasteiger partial charge in [0.2, 0.25) is 5.91 Å². The molecule has 2 aromatic rings. The summed E-state index contributed by atoms with van der Waals surface area (Å²) in [6.45, 7) is 7.27. The third-order valence-electron chi connectivity index (χ3n) is 5.37. The maximum absolute atomic E-state index is 12.6. The van der Waals surface area contributed by atoms with Crippen LogP contribution in [-0.4, -0.2) is 65.0 Å². The van der Waals surface area contributed by atoms with Crippen LogP contribution in [0.5, 0.6) is 0 Å². The summed E-state index contributed by atoms with van der Waals surface area (Å²) < 4.78 is 7.11. The molecule has 2 atom stereocenters. The molecule has 0 unspecified atom stereocenters. The van der Waals surface area contributed by atoms with Gasteiger partial charge in [-0.15, -0.1) is 23.2 Å². The lowest BCUT2D eigenvalue weighted by atomic mass is 10.0. The first-order chi connectivity index (χ1) is 15.7. The van der Waals surface area contributed by atoms with Gasteiger partial charge in [0, 0.05) is 44.0 Å². The monoisotopic (exact) mass is 499 g/mol.